The zero-order valence-electron chi connectivity index (χ0n) is 9.09. The molecule has 8 heteroatoms. The van der Waals surface area contributed by atoms with Crippen LogP contribution in [0.25, 0.3) is 0 Å². The second-order valence-electron chi connectivity index (χ2n) is 3.08. The Bertz CT molecular complexity index is 460. The summed E-state index contributed by atoms with van der Waals surface area (Å²) in [5, 5.41) is 12.3. The standard InChI is InChI=1S/C10H9ClN2O5/c11-5-6-18-10(15)12-9(14)7-1-3-8(4-2-7)13(16)17/h1-4H,5-6H2,(H,12,14,15). The molecule has 1 aromatic carbocycles. The van der Waals surface area contributed by atoms with Crippen LogP contribution in [0.5, 0.6) is 0 Å². The number of nitro benzene ring substituents is 1. The van der Waals surface area contributed by atoms with Gasteiger partial charge in [0.25, 0.3) is 11.6 Å². The Hall–Kier alpha value is -2.15. The molecule has 0 heterocycles. The number of nitro groups is 1. The van der Waals surface area contributed by atoms with E-state index < -0.39 is 16.9 Å². The maximum atomic E-state index is 11.5. The van der Waals surface area contributed by atoms with Gasteiger partial charge < -0.3 is 4.74 Å². The van der Waals surface area contributed by atoms with Crippen LogP contribution in [-0.4, -0.2) is 29.4 Å². The molecule has 0 unspecified atom stereocenters. The molecule has 2 amide bonds. The van der Waals surface area contributed by atoms with E-state index in [1.54, 1.807) is 0 Å². The quantitative estimate of drug-likeness (QED) is 0.511. The molecular weight excluding hydrogens is 264 g/mol. The zero-order chi connectivity index (χ0) is 13.5. The lowest BCUT2D eigenvalue weighted by molar-refractivity contribution is -0.384. The highest BCUT2D eigenvalue weighted by atomic mass is 35.5. The summed E-state index contributed by atoms with van der Waals surface area (Å²) in [5.74, 6) is -0.580. The molecule has 0 spiro atoms. The average Bonchev–Trinajstić information content (AvgIpc) is 2.36. The molecule has 0 saturated heterocycles. The lowest BCUT2D eigenvalue weighted by Crippen LogP contribution is -2.31. The minimum Gasteiger partial charge on any atom is -0.448 e. The van der Waals surface area contributed by atoms with E-state index in [1.165, 1.54) is 24.3 Å². The molecule has 0 saturated carbocycles. The lowest BCUT2D eigenvalue weighted by Gasteiger charge is -2.04. The van der Waals surface area contributed by atoms with E-state index in [4.69, 9.17) is 11.6 Å². The molecule has 0 aliphatic carbocycles. The van der Waals surface area contributed by atoms with Crippen LogP contribution in [0, 0.1) is 10.1 Å². The minimum absolute atomic E-state index is 0.0130. The van der Waals surface area contributed by atoms with Gasteiger partial charge in [0.1, 0.15) is 6.61 Å². The monoisotopic (exact) mass is 272 g/mol. The second kappa shape index (κ2) is 6.55. The van der Waals surface area contributed by atoms with Gasteiger partial charge in [0.15, 0.2) is 0 Å². The Balaban J connectivity index is 2.61. The Kier molecular flexibility index (Phi) is 5.06. The van der Waals surface area contributed by atoms with E-state index in [2.05, 4.69) is 4.74 Å². The number of carbonyl (C=O) groups is 2. The fraction of sp³-hybridized carbons (Fsp3) is 0.200. The molecule has 0 fully saturated rings. The fourth-order valence-corrected chi connectivity index (χ4v) is 1.14. The maximum absolute atomic E-state index is 11.5. The number of imide groups is 1. The highest BCUT2D eigenvalue weighted by Gasteiger charge is 2.12. The Morgan fingerprint density at radius 2 is 1.94 bits per heavy atom. The molecule has 96 valence electrons. The Labute approximate surface area is 107 Å². The van der Waals surface area contributed by atoms with Gasteiger partial charge in [-0.25, -0.2) is 4.79 Å². The summed E-state index contributed by atoms with van der Waals surface area (Å²) >= 11 is 5.29. The van der Waals surface area contributed by atoms with Crippen molar-refractivity contribution in [2.45, 2.75) is 0 Å². The van der Waals surface area contributed by atoms with Gasteiger partial charge in [-0.05, 0) is 12.1 Å². The number of halogens is 1. The van der Waals surface area contributed by atoms with Gasteiger partial charge in [0.2, 0.25) is 0 Å². The number of nitrogens with one attached hydrogen (secondary N) is 1. The van der Waals surface area contributed by atoms with Gasteiger partial charge >= 0.3 is 6.09 Å². The van der Waals surface area contributed by atoms with Gasteiger partial charge in [0.05, 0.1) is 10.8 Å². The molecule has 0 aliphatic rings. The molecule has 0 aliphatic heterocycles. The molecule has 18 heavy (non-hydrogen) atoms. The van der Waals surface area contributed by atoms with Crippen molar-refractivity contribution in [1.82, 2.24) is 5.32 Å². The number of ether oxygens (including phenoxy) is 1. The van der Waals surface area contributed by atoms with E-state index in [0.29, 0.717) is 0 Å². The first-order valence-electron chi connectivity index (χ1n) is 4.83. The number of hydrogen-bond donors (Lipinski definition) is 1. The van der Waals surface area contributed by atoms with Gasteiger partial charge in [-0.3, -0.25) is 20.2 Å². The second-order valence-corrected chi connectivity index (χ2v) is 3.46. The molecule has 7 nitrogen and oxygen atoms in total. The first-order valence-corrected chi connectivity index (χ1v) is 5.36. The fourth-order valence-electron chi connectivity index (χ4n) is 1.07. The summed E-state index contributed by atoms with van der Waals surface area (Å²) in [4.78, 5) is 32.3. The summed E-state index contributed by atoms with van der Waals surface area (Å²) < 4.78 is 4.53. The topological polar surface area (TPSA) is 98.5 Å². The first-order chi connectivity index (χ1) is 8.54. The van der Waals surface area contributed by atoms with Crippen molar-refractivity contribution in [1.29, 1.82) is 0 Å². The number of carbonyl (C=O) groups excluding carboxylic acids is 2. The summed E-state index contributed by atoms with van der Waals surface area (Å²) in [6, 6.07) is 4.81. The number of non-ortho nitro benzene ring substituents is 1. The molecule has 1 rings (SSSR count). The minimum atomic E-state index is -0.918. The van der Waals surface area contributed by atoms with Crippen molar-refractivity contribution in [2.75, 3.05) is 12.5 Å². The molecule has 1 aromatic rings. The third-order valence-electron chi connectivity index (χ3n) is 1.87. The number of benzene rings is 1. The first kappa shape index (κ1) is 13.9. The lowest BCUT2D eigenvalue weighted by atomic mass is 10.2. The van der Waals surface area contributed by atoms with Crippen LogP contribution in [0.4, 0.5) is 10.5 Å². The van der Waals surface area contributed by atoms with E-state index in [-0.39, 0.29) is 23.7 Å². The number of nitrogens with zero attached hydrogens (tertiary/aromatic N) is 1. The van der Waals surface area contributed by atoms with Crippen LogP contribution in [0.15, 0.2) is 24.3 Å². The largest absolute Gasteiger partial charge is 0.448 e. The Morgan fingerprint density at radius 3 is 2.44 bits per heavy atom. The summed E-state index contributed by atoms with van der Waals surface area (Å²) in [6.07, 6.45) is -0.918. The van der Waals surface area contributed by atoms with Crippen LogP contribution in [-0.2, 0) is 4.74 Å². The van der Waals surface area contributed by atoms with Gasteiger partial charge in [-0.2, -0.15) is 0 Å². The van der Waals surface area contributed by atoms with Crippen molar-refractivity contribution >= 4 is 29.3 Å². The molecule has 0 atom stereocenters. The maximum Gasteiger partial charge on any atom is 0.414 e. The van der Waals surface area contributed by atoms with Crippen LogP contribution in [0.2, 0.25) is 0 Å². The normalized spacial score (nSPS) is 9.61. The SMILES string of the molecule is O=C(NC(=O)c1ccc([N+](=O)[O-])cc1)OCCCl. The van der Waals surface area contributed by atoms with Crippen molar-refractivity contribution < 1.29 is 19.2 Å². The third kappa shape index (κ3) is 4.02. The smallest absolute Gasteiger partial charge is 0.414 e. The molecule has 1 N–H and O–H groups in total. The van der Waals surface area contributed by atoms with Gasteiger partial charge in [0, 0.05) is 17.7 Å². The van der Waals surface area contributed by atoms with E-state index >= 15 is 0 Å². The van der Waals surface area contributed by atoms with Crippen LogP contribution in [0.1, 0.15) is 10.4 Å². The molecular formula is C10H9ClN2O5. The van der Waals surface area contributed by atoms with Crippen molar-refractivity contribution in [3.8, 4) is 0 Å². The number of alkyl carbamates (subject to hydrolysis) is 1. The summed E-state index contributed by atoms with van der Waals surface area (Å²) in [7, 11) is 0. The van der Waals surface area contributed by atoms with Crippen molar-refractivity contribution in [3.05, 3.63) is 39.9 Å². The molecule has 0 aromatic heterocycles. The molecule has 0 radical (unpaired) electrons. The van der Waals surface area contributed by atoms with E-state index in [0.717, 1.165) is 0 Å². The van der Waals surface area contributed by atoms with Crippen LogP contribution < -0.4 is 5.32 Å². The zero-order valence-corrected chi connectivity index (χ0v) is 9.85. The van der Waals surface area contributed by atoms with Crippen LogP contribution >= 0.6 is 11.6 Å². The Morgan fingerprint density at radius 1 is 1.33 bits per heavy atom. The van der Waals surface area contributed by atoms with Crippen molar-refractivity contribution in [2.24, 2.45) is 0 Å². The third-order valence-corrected chi connectivity index (χ3v) is 2.02. The highest BCUT2D eigenvalue weighted by Crippen LogP contribution is 2.11. The predicted octanol–water partition coefficient (Wildman–Crippen LogP) is 1.70. The number of hydrogen-bond acceptors (Lipinski definition) is 5. The average molecular weight is 273 g/mol. The highest BCUT2D eigenvalue weighted by molar-refractivity contribution is 6.18. The van der Waals surface area contributed by atoms with Gasteiger partial charge in [-0.15, -0.1) is 11.6 Å². The van der Waals surface area contributed by atoms with Crippen LogP contribution in [0.3, 0.4) is 0 Å². The van der Waals surface area contributed by atoms with Gasteiger partial charge in [-0.1, -0.05) is 0 Å². The number of amides is 2. The summed E-state index contributed by atoms with van der Waals surface area (Å²) in [5.41, 5.74) is -0.0281. The van der Waals surface area contributed by atoms with E-state index in [1.807, 2.05) is 5.32 Å². The summed E-state index contributed by atoms with van der Waals surface area (Å²) in [6.45, 7) is -0.0130. The predicted molar refractivity (Wildman–Crippen MR) is 62.6 cm³/mol. The van der Waals surface area contributed by atoms with E-state index in [9.17, 15) is 19.7 Å². The number of alkyl halides is 1. The number of rotatable bonds is 4. The van der Waals surface area contributed by atoms with Crippen molar-refractivity contribution in [3.63, 3.8) is 0 Å². The molecule has 0 bridgehead atoms.